The average molecular weight is 386 g/mol. The number of amides is 1. The van der Waals surface area contributed by atoms with Crippen LogP contribution in [0.25, 0.3) is 17.3 Å². The van der Waals surface area contributed by atoms with Crippen LogP contribution >= 0.6 is 23.2 Å². The zero-order valence-electron chi connectivity index (χ0n) is 13.4. The number of carbonyl (C=O) groups excluding carboxylic acids is 1. The number of hydrogen-bond donors (Lipinski definition) is 2. The van der Waals surface area contributed by atoms with Crippen molar-refractivity contribution in [2.75, 3.05) is 5.32 Å². The van der Waals surface area contributed by atoms with E-state index >= 15 is 0 Å². The van der Waals surface area contributed by atoms with Gasteiger partial charge in [0, 0.05) is 23.4 Å². The van der Waals surface area contributed by atoms with Crippen LogP contribution in [-0.4, -0.2) is 16.1 Å². The first-order valence-electron chi connectivity index (χ1n) is 7.61. The van der Waals surface area contributed by atoms with Gasteiger partial charge < -0.3 is 5.32 Å². The molecule has 1 amide bonds. The molecule has 2 aromatic carbocycles. The summed E-state index contributed by atoms with van der Waals surface area (Å²) in [5.74, 6) is -0.289. The summed E-state index contributed by atoms with van der Waals surface area (Å²) in [6.45, 7) is 0. The highest BCUT2D eigenvalue weighted by Crippen LogP contribution is 2.23. The number of rotatable bonds is 4. The fraction of sp³-hybridized carbons (Fsp3) is 0. The van der Waals surface area contributed by atoms with Crippen molar-refractivity contribution in [1.29, 1.82) is 0 Å². The summed E-state index contributed by atoms with van der Waals surface area (Å²) >= 11 is 11.8. The van der Waals surface area contributed by atoms with Gasteiger partial charge in [0.15, 0.2) is 0 Å². The molecular weight excluding hydrogens is 373 g/mol. The second kappa shape index (κ2) is 7.99. The van der Waals surface area contributed by atoms with E-state index in [1.165, 1.54) is 12.1 Å². The molecule has 5 nitrogen and oxygen atoms in total. The molecule has 2 N–H and O–H groups in total. The summed E-state index contributed by atoms with van der Waals surface area (Å²) in [7, 11) is 0. The van der Waals surface area contributed by atoms with E-state index in [1.54, 1.807) is 48.5 Å². The van der Waals surface area contributed by atoms with Crippen LogP contribution < -0.4 is 10.9 Å². The lowest BCUT2D eigenvalue weighted by Crippen LogP contribution is -2.08. The zero-order valence-corrected chi connectivity index (χ0v) is 14.9. The molecule has 0 bridgehead atoms. The number of halogens is 2. The van der Waals surface area contributed by atoms with Gasteiger partial charge in [0.05, 0.1) is 15.7 Å². The molecule has 0 atom stereocenters. The maximum Gasteiger partial charge on any atom is 0.264 e. The Labute approximate surface area is 159 Å². The summed E-state index contributed by atoms with van der Waals surface area (Å²) in [4.78, 5) is 23.2. The topological polar surface area (TPSA) is 74.8 Å². The summed E-state index contributed by atoms with van der Waals surface area (Å²) in [6.07, 6.45) is 3.05. The van der Waals surface area contributed by atoms with E-state index in [4.69, 9.17) is 23.2 Å². The molecule has 0 fully saturated rings. The molecule has 0 saturated carbocycles. The highest BCUT2D eigenvalue weighted by atomic mass is 35.5. The SMILES string of the molecule is O=C(C=Cc1ccc(Cl)c(Cl)c1)Nc1cccc(-c2ccc(=O)[nH]n2)c1. The van der Waals surface area contributed by atoms with Gasteiger partial charge in [-0.25, -0.2) is 5.10 Å². The Morgan fingerprint density at radius 1 is 1.04 bits per heavy atom. The predicted octanol–water partition coefficient (Wildman–Crippen LogP) is 4.40. The Balaban J connectivity index is 1.72. The van der Waals surface area contributed by atoms with Crippen LogP contribution in [0.3, 0.4) is 0 Å². The van der Waals surface area contributed by atoms with Crippen LogP contribution in [0.4, 0.5) is 5.69 Å². The smallest absolute Gasteiger partial charge is 0.264 e. The van der Waals surface area contributed by atoms with Gasteiger partial charge in [0.2, 0.25) is 5.91 Å². The number of carbonyl (C=O) groups is 1. The van der Waals surface area contributed by atoms with E-state index in [1.807, 2.05) is 6.07 Å². The fourth-order valence-corrected chi connectivity index (χ4v) is 2.54. The Morgan fingerprint density at radius 2 is 1.88 bits per heavy atom. The third kappa shape index (κ3) is 4.59. The van der Waals surface area contributed by atoms with E-state index in [9.17, 15) is 9.59 Å². The number of benzene rings is 2. The average Bonchev–Trinajstić information content (AvgIpc) is 2.63. The summed E-state index contributed by atoms with van der Waals surface area (Å²) in [6, 6.07) is 15.3. The van der Waals surface area contributed by atoms with Gasteiger partial charge in [-0.2, -0.15) is 5.10 Å². The van der Waals surface area contributed by atoms with Crippen molar-refractivity contribution < 1.29 is 4.79 Å². The van der Waals surface area contributed by atoms with E-state index in [0.29, 0.717) is 21.4 Å². The molecule has 0 spiro atoms. The minimum absolute atomic E-state index is 0.273. The number of nitrogens with one attached hydrogen (secondary N) is 2. The molecule has 3 rings (SSSR count). The Morgan fingerprint density at radius 3 is 2.62 bits per heavy atom. The van der Waals surface area contributed by atoms with Crippen molar-refractivity contribution in [1.82, 2.24) is 10.2 Å². The molecule has 0 saturated heterocycles. The minimum atomic E-state index is -0.289. The fourth-order valence-electron chi connectivity index (χ4n) is 2.23. The molecular formula is C19H13Cl2N3O2. The van der Waals surface area contributed by atoms with Gasteiger partial charge in [0.1, 0.15) is 0 Å². The molecule has 3 aromatic rings. The number of anilines is 1. The Hall–Kier alpha value is -2.89. The molecule has 0 aliphatic heterocycles. The molecule has 130 valence electrons. The van der Waals surface area contributed by atoms with Gasteiger partial charge in [-0.1, -0.05) is 41.4 Å². The minimum Gasteiger partial charge on any atom is -0.322 e. The number of hydrogen-bond acceptors (Lipinski definition) is 3. The molecule has 1 aromatic heterocycles. The van der Waals surface area contributed by atoms with Gasteiger partial charge in [-0.15, -0.1) is 0 Å². The number of aromatic nitrogens is 2. The van der Waals surface area contributed by atoms with E-state index in [0.717, 1.165) is 11.1 Å². The predicted molar refractivity (Wildman–Crippen MR) is 104 cm³/mol. The van der Waals surface area contributed by atoms with Crippen LogP contribution in [0.5, 0.6) is 0 Å². The summed E-state index contributed by atoms with van der Waals surface area (Å²) in [5.41, 5.74) is 2.48. The summed E-state index contributed by atoms with van der Waals surface area (Å²) in [5, 5.41) is 10.0. The van der Waals surface area contributed by atoms with Crippen molar-refractivity contribution in [2.24, 2.45) is 0 Å². The van der Waals surface area contributed by atoms with Gasteiger partial charge in [0.25, 0.3) is 5.56 Å². The quantitative estimate of drug-likeness (QED) is 0.653. The molecule has 7 heteroatoms. The number of nitrogens with zero attached hydrogens (tertiary/aromatic N) is 1. The lowest BCUT2D eigenvalue weighted by molar-refractivity contribution is -0.111. The largest absolute Gasteiger partial charge is 0.322 e. The highest BCUT2D eigenvalue weighted by molar-refractivity contribution is 6.42. The second-order valence-electron chi connectivity index (χ2n) is 5.38. The van der Waals surface area contributed by atoms with Crippen molar-refractivity contribution in [2.45, 2.75) is 0 Å². The molecule has 1 heterocycles. The van der Waals surface area contributed by atoms with Crippen LogP contribution in [0.15, 0.2) is 65.5 Å². The molecule has 26 heavy (non-hydrogen) atoms. The molecule has 0 radical (unpaired) electrons. The monoisotopic (exact) mass is 385 g/mol. The van der Waals surface area contributed by atoms with Crippen LogP contribution in [0.1, 0.15) is 5.56 Å². The lowest BCUT2D eigenvalue weighted by atomic mass is 10.1. The standard InChI is InChI=1S/C19H13Cl2N3O2/c20-15-6-4-12(10-16(15)21)5-8-18(25)22-14-3-1-2-13(11-14)17-7-9-19(26)24-23-17/h1-11H,(H,22,25)(H,24,26). The number of H-pyrrole nitrogens is 1. The molecule has 0 unspecified atom stereocenters. The van der Waals surface area contributed by atoms with Gasteiger partial charge in [-0.3, -0.25) is 9.59 Å². The first kappa shape index (κ1) is 17.9. The molecule has 0 aliphatic rings. The summed E-state index contributed by atoms with van der Waals surface area (Å²) < 4.78 is 0. The van der Waals surface area contributed by atoms with E-state index in [-0.39, 0.29) is 11.5 Å². The zero-order chi connectivity index (χ0) is 18.5. The van der Waals surface area contributed by atoms with Crippen LogP contribution in [0.2, 0.25) is 10.0 Å². The second-order valence-corrected chi connectivity index (χ2v) is 6.20. The lowest BCUT2D eigenvalue weighted by Gasteiger charge is -2.05. The van der Waals surface area contributed by atoms with E-state index in [2.05, 4.69) is 15.5 Å². The van der Waals surface area contributed by atoms with Crippen molar-refractivity contribution in [3.05, 3.63) is 86.6 Å². The maximum atomic E-state index is 12.1. The van der Waals surface area contributed by atoms with Crippen molar-refractivity contribution in [3.8, 4) is 11.3 Å². The first-order valence-corrected chi connectivity index (χ1v) is 8.37. The van der Waals surface area contributed by atoms with Crippen LogP contribution in [0, 0.1) is 0 Å². The number of aromatic amines is 1. The molecule has 0 aliphatic carbocycles. The Bertz CT molecular complexity index is 1020. The maximum absolute atomic E-state index is 12.1. The normalized spacial score (nSPS) is 10.8. The van der Waals surface area contributed by atoms with Crippen LogP contribution in [-0.2, 0) is 4.79 Å². The van der Waals surface area contributed by atoms with Crippen molar-refractivity contribution in [3.63, 3.8) is 0 Å². The Kier molecular flexibility index (Phi) is 5.51. The van der Waals surface area contributed by atoms with E-state index < -0.39 is 0 Å². The van der Waals surface area contributed by atoms with Gasteiger partial charge >= 0.3 is 0 Å². The van der Waals surface area contributed by atoms with Gasteiger partial charge in [-0.05, 0) is 42.0 Å². The third-order valence-electron chi connectivity index (χ3n) is 3.48. The third-order valence-corrected chi connectivity index (χ3v) is 4.21. The van der Waals surface area contributed by atoms with Crippen molar-refractivity contribution >= 4 is 40.9 Å². The highest BCUT2D eigenvalue weighted by Gasteiger charge is 2.03. The first-order chi connectivity index (χ1) is 12.5.